The molecular weight excluding hydrogens is 367 g/mol. The SMILES string of the molecule is O=C(Nc1ccc(F)c(Cl)c1)c1cc(Nc2ccc(F)cc2F)ccn1. The van der Waals surface area contributed by atoms with Crippen molar-refractivity contribution in [3.8, 4) is 0 Å². The normalized spacial score (nSPS) is 10.5. The minimum atomic E-state index is -0.770. The molecule has 3 aromatic rings. The van der Waals surface area contributed by atoms with E-state index in [9.17, 15) is 18.0 Å². The van der Waals surface area contributed by atoms with E-state index in [0.717, 1.165) is 18.2 Å². The maximum atomic E-state index is 13.7. The van der Waals surface area contributed by atoms with Crippen LogP contribution in [0.3, 0.4) is 0 Å². The smallest absolute Gasteiger partial charge is 0.274 e. The molecule has 0 aliphatic carbocycles. The Morgan fingerprint density at radius 1 is 0.923 bits per heavy atom. The Balaban J connectivity index is 1.77. The van der Waals surface area contributed by atoms with Gasteiger partial charge in [0.2, 0.25) is 0 Å². The van der Waals surface area contributed by atoms with Crippen molar-refractivity contribution in [2.45, 2.75) is 0 Å². The quantitative estimate of drug-likeness (QED) is 0.661. The first-order valence-electron chi connectivity index (χ1n) is 7.37. The summed E-state index contributed by atoms with van der Waals surface area (Å²) in [7, 11) is 0. The van der Waals surface area contributed by atoms with Crippen molar-refractivity contribution >= 4 is 34.6 Å². The predicted molar refractivity (Wildman–Crippen MR) is 93.2 cm³/mol. The van der Waals surface area contributed by atoms with E-state index in [0.29, 0.717) is 11.4 Å². The summed E-state index contributed by atoms with van der Waals surface area (Å²) in [5.41, 5.74) is 0.770. The number of hydrogen-bond acceptors (Lipinski definition) is 3. The van der Waals surface area contributed by atoms with Crippen LogP contribution in [0.25, 0.3) is 0 Å². The average molecular weight is 378 g/mol. The van der Waals surface area contributed by atoms with Gasteiger partial charge in [0.1, 0.15) is 23.1 Å². The van der Waals surface area contributed by atoms with Crippen LogP contribution in [0.4, 0.5) is 30.2 Å². The highest BCUT2D eigenvalue weighted by molar-refractivity contribution is 6.31. The molecule has 2 aromatic carbocycles. The van der Waals surface area contributed by atoms with Gasteiger partial charge in [0.15, 0.2) is 0 Å². The average Bonchev–Trinajstić information content (AvgIpc) is 2.61. The van der Waals surface area contributed by atoms with Gasteiger partial charge in [-0.3, -0.25) is 9.78 Å². The molecule has 0 saturated heterocycles. The third kappa shape index (κ3) is 4.12. The Labute approximate surface area is 151 Å². The summed E-state index contributed by atoms with van der Waals surface area (Å²) in [6.45, 7) is 0. The van der Waals surface area contributed by atoms with Gasteiger partial charge in [-0.1, -0.05) is 11.6 Å². The predicted octanol–water partition coefficient (Wildman–Crippen LogP) is 5.15. The van der Waals surface area contributed by atoms with E-state index in [2.05, 4.69) is 15.6 Å². The number of nitrogens with zero attached hydrogens (tertiary/aromatic N) is 1. The van der Waals surface area contributed by atoms with Crippen molar-refractivity contribution in [3.05, 3.63) is 82.9 Å². The third-order valence-corrected chi connectivity index (χ3v) is 3.67. The van der Waals surface area contributed by atoms with Crippen molar-refractivity contribution in [2.24, 2.45) is 0 Å². The van der Waals surface area contributed by atoms with Crippen LogP contribution in [0.1, 0.15) is 10.5 Å². The first-order chi connectivity index (χ1) is 12.4. The first-order valence-corrected chi connectivity index (χ1v) is 7.75. The Morgan fingerprint density at radius 3 is 2.46 bits per heavy atom. The molecule has 0 saturated carbocycles. The highest BCUT2D eigenvalue weighted by Crippen LogP contribution is 2.22. The lowest BCUT2D eigenvalue weighted by molar-refractivity contribution is 0.102. The molecule has 1 heterocycles. The van der Waals surface area contributed by atoms with Gasteiger partial charge >= 0.3 is 0 Å². The summed E-state index contributed by atoms with van der Waals surface area (Å²) in [4.78, 5) is 16.2. The number of halogens is 4. The van der Waals surface area contributed by atoms with E-state index in [1.807, 2.05) is 0 Å². The second kappa shape index (κ2) is 7.45. The number of nitrogens with one attached hydrogen (secondary N) is 2. The van der Waals surface area contributed by atoms with Gasteiger partial charge in [-0.2, -0.15) is 0 Å². The monoisotopic (exact) mass is 377 g/mol. The summed E-state index contributed by atoms with van der Waals surface area (Å²) in [5, 5.41) is 5.15. The fraction of sp³-hybridized carbons (Fsp3) is 0. The Bertz CT molecular complexity index is 982. The molecule has 0 aliphatic heterocycles. The molecule has 132 valence electrons. The molecule has 0 aliphatic rings. The number of amides is 1. The number of aromatic nitrogens is 1. The Kier molecular flexibility index (Phi) is 5.09. The standard InChI is InChI=1S/C18H11ClF3N3O/c19-13-8-11(2-3-14(13)21)25-18(26)17-9-12(5-6-23-17)24-16-4-1-10(20)7-15(16)22/h1-9H,(H,23,24)(H,25,26). The lowest BCUT2D eigenvalue weighted by atomic mass is 10.2. The van der Waals surface area contributed by atoms with Crippen LogP contribution in [0.5, 0.6) is 0 Å². The molecule has 8 heteroatoms. The highest BCUT2D eigenvalue weighted by atomic mass is 35.5. The van der Waals surface area contributed by atoms with Crippen LogP contribution in [0.2, 0.25) is 5.02 Å². The van der Waals surface area contributed by atoms with Crippen LogP contribution in [0, 0.1) is 17.5 Å². The molecule has 1 aromatic heterocycles. The van der Waals surface area contributed by atoms with E-state index >= 15 is 0 Å². The summed E-state index contributed by atoms with van der Waals surface area (Å²) in [6, 6.07) is 9.76. The third-order valence-electron chi connectivity index (χ3n) is 3.38. The minimum absolute atomic E-state index is 0.0398. The van der Waals surface area contributed by atoms with E-state index < -0.39 is 23.4 Å². The van der Waals surface area contributed by atoms with Gasteiger partial charge in [-0.25, -0.2) is 13.2 Å². The second-order valence-corrected chi connectivity index (χ2v) is 5.67. The van der Waals surface area contributed by atoms with Crippen molar-refractivity contribution in [2.75, 3.05) is 10.6 Å². The maximum Gasteiger partial charge on any atom is 0.274 e. The van der Waals surface area contributed by atoms with Gasteiger partial charge in [-0.15, -0.1) is 0 Å². The van der Waals surface area contributed by atoms with E-state index in [-0.39, 0.29) is 16.4 Å². The molecule has 1 amide bonds. The van der Waals surface area contributed by atoms with E-state index in [1.165, 1.54) is 36.5 Å². The lowest BCUT2D eigenvalue weighted by Gasteiger charge is -2.09. The molecule has 2 N–H and O–H groups in total. The molecule has 0 radical (unpaired) electrons. The molecule has 0 bridgehead atoms. The Hall–Kier alpha value is -3.06. The molecule has 0 atom stereocenters. The highest BCUT2D eigenvalue weighted by Gasteiger charge is 2.11. The van der Waals surface area contributed by atoms with Crippen molar-refractivity contribution in [3.63, 3.8) is 0 Å². The van der Waals surface area contributed by atoms with Crippen LogP contribution in [-0.2, 0) is 0 Å². The molecule has 0 spiro atoms. The number of anilines is 3. The summed E-state index contributed by atoms with van der Waals surface area (Å²) >= 11 is 5.67. The van der Waals surface area contributed by atoms with Crippen molar-refractivity contribution in [1.82, 2.24) is 4.98 Å². The molecule has 0 unspecified atom stereocenters. The fourth-order valence-corrected chi connectivity index (χ4v) is 2.33. The van der Waals surface area contributed by atoms with Crippen molar-refractivity contribution < 1.29 is 18.0 Å². The zero-order chi connectivity index (χ0) is 18.7. The first kappa shape index (κ1) is 17.8. The summed E-state index contributed by atoms with van der Waals surface area (Å²) in [6.07, 6.45) is 1.36. The lowest BCUT2D eigenvalue weighted by Crippen LogP contribution is -2.14. The minimum Gasteiger partial charge on any atom is -0.353 e. The van der Waals surface area contributed by atoms with Crippen molar-refractivity contribution in [1.29, 1.82) is 0 Å². The van der Waals surface area contributed by atoms with E-state index in [4.69, 9.17) is 11.6 Å². The van der Waals surface area contributed by atoms with Gasteiger partial charge in [0, 0.05) is 23.6 Å². The molecular formula is C18H11ClF3N3O. The van der Waals surface area contributed by atoms with Crippen LogP contribution in [-0.4, -0.2) is 10.9 Å². The number of rotatable bonds is 4. The van der Waals surface area contributed by atoms with Gasteiger partial charge in [0.05, 0.1) is 10.7 Å². The largest absolute Gasteiger partial charge is 0.353 e. The molecule has 4 nitrogen and oxygen atoms in total. The number of carbonyl (C=O) groups excluding carboxylic acids is 1. The number of pyridine rings is 1. The number of benzene rings is 2. The van der Waals surface area contributed by atoms with E-state index in [1.54, 1.807) is 0 Å². The molecule has 26 heavy (non-hydrogen) atoms. The number of carbonyl (C=O) groups is 1. The van der Waals surface area contributed by atoms with Crippen LogP contribution >= 0.6 is 11.6 Å². The second-order valence-electron chi connectivity index (χ2n) is 5.26. The zero-order valence-electron chi connectivity index (χ0n) is 13.1. The maximum absolute atomic E-state index is 13.7. The fourth-order valence-electron chi connectivity index (χ4n) is 2.15. The van der Waals surface area contributed by atoms with Crippen LogP contribution in [0.15, 0.2) is 54.7 Å². The number of hydrogen-bond donors (Lipinski definition) is 2. The van der Waals surface area contributed by atoms with Crippen LogP contribution < -0.4 is 10.6 Å². The van der Waals surface area contributed by atoms with Gasteiger partial charge in [0.25, 0.3) is 5.91 Å². The summed E-state index contributed by atoms with van der Waals surface area (Å²) < 4.78 is 39.8. The molecule has 3 rings (SSSR count). The molecule has 0 fully saturated rings. The van der Waals surface area contributed by atoms with Gasteiger partial charge in [-0.05, 0) is 42.5 Å². The van der Waals surface area contributed by atoms with Gasteiger partial charge < -0.3 is 10.6 Å². The topological polar surface area (TPSA) is 54.0 Å². The Morgan fingerprint density at radius 2 is 1.73 bits per heavy atom. The zero-order valence-corrected chi connectivity index (χ0v) is 13.8. The summed E-state index contributed by atoms with van der Waals surface area (Å²) in [5.74, 6) is -2.62.